The highest BCUT2D eigenvalue weighted by molar-refractivity contribution is 8.00. The van der Waals surface area contributed by atoms with Gasteiger partial charge in [-0.2, -0.15) is 4.68 Å². The van der Waals surface area contributed by atoms with Gasteiger partial charge < -0.3 is 10.2 Å². The second kappa shape index (κ2) is 8.66. The maximum Gasteiger partial charge on any atom is 0.240 e. The number of benzene rings is 2. The molecule has 0 saturated carbocycles. The summed E-state index contributed by atoms with van der Waals surface area (Å²) in [6.07, 6.45) is 0. The molecular weight excluding hydrogens is 376 g/mol. The van der Waals surface area contributed by atoms with E-state index in [4.69, 9.17) is 0 Å². The molecule has 9 heteroatoms. The molecule has 1 N–H and O–H groups in total. The van der Waals surface area contributed by atoms with Crippen LogP contribution in [0.25, 0.3) is 5.69 Å². The summed E-state index contributed by atoms with van der Waals surface area (Å²) in [7, 11) is 3.44. The molecule has 0 spiro atoms. The van der Waals surface area contributed by atoms with Crippen LogP contribution in [0.3, 0.4) is 0 Å². The lowest BCUT2D eigenvalue weighted by atomic mass is 10.1. The molecule has 0 aliphatic carbocycles. The highest BCUT2D eigenvalue weighted by Crippen LogP contribution is 2.36. The van der Waals surface area contributed by atoms with Crippen molar-refractivity contribution in [3.63, 3.8) is 0 Å². The van der Waals surface area contributed by atoms with E-state index in [0.29, 0.717) is 16.5 Å². The van der Waals surface area contributed by atoms with E-state index in [0.717, 1.165) is 5.56 Å². The Morgan fingerprint density at radius 1 is 1.11 bits per heavy atom. The molecule has 1 aromatic heterocycles. The standard InChI is InChI=1S/C19H20N6O2S/c1-13(26)20-15-10-7-11-16(12-15)25-19(21-22-23-25)28-17(18(27)24(2)3)14-8-5-4-6-9-14/h4-12,17H,1-3H3,(H,20,26). The fourth-order valence-corrected chi connectivity index (χ4v) is 3.70. The molecule has 2 amide bonds. The van der Waals surface area contributed by atoms with Gasteiger partial charge in [0.05, 0.1) is 5.69 Å². The quantitative estimate of drug-likeness (QED) is 0.644. The van der Waals surface area contributed by atoms with E-state index in [9.17, 15) is 9.59 Å². The van der Waals surface area contributed by atoms with Crippen molar-refractivity contribution in [2.75, 3.05) is 19.4 Å². The van der Waals surface area contributed by atoms with Gasteiger partial charge in [0.25, 0.3) is 0 Å². The second-order valence-corrected chi connectivity index (χ2v) is 7.32. The Balaban J connectivity index is 1.94. The molecule has 2 aromatic carbocycles. The first-order valence-electron chi connectivity index (χ1n) is 8.55. The van der Waals surface area contributed by atoms with E-state index in [1.165, 1.54) is 18.7 Å². The number of likely N-dealkylation sites (N-methyl/N-ethyl adjacent to an activating group) is 1. The van der Waals surface area contributed by atoms with Gasteiger partial charge in [-0.05, 0) is 34.2 Å². The molecule has 3 rings (SSSR count). The molecule has 0 saturated heterocycles. The van der Waals surface area contributed by atoms with Gasteiger partial charge in [-0.3, -0.25) is 9.59 Å². The summed E-state index contributed by atoms with van der Waals surface area (Å²) in [6, 6.07) is 16.7. The Hall–Kier alpha value is -3.20. The molecule has 0 radical (unpaired) electrons. The smallest absolute Gasteiger partial charge is 0.240 e. The molecule has 28 heavy (non-hydrogen) atoms. The number of aromatic nitrogens is 4. The number of carbonyl (C=O) groups excluding carboxylic acids is 2. The largest absolute Gasteiger partial charge is 0.348 e. The van der Waals surface area contributed by atoms with E-state index in [1.807, 2.05) is 36.4 Å². The third-order valence-corrected chi connectivity index (χ3v) is 5.02. The minimum atomic E-state index is -0.487. The van der Waals surface area contributed by atoms with Gasteiger partial charge in [-0.25, -0.2) is 0 Å². The van der Waals surface area contributed by atoms with Crippen molar-refractivity contribution in [3.05, 3.63) is 60.2 Å². The molecule has 8 nitrogen and oxygen atoms in total. The summed E-state index contributed by atoms with van der Waals surface area (Å²) in [5.74, 6) is -0.220. The number of nitrogens with zero attached hydrogens (tertiary/aromatic N) is 5. The predicted molar refractivity (Wildman–Crippen MR) is 107 cm³/mol. The Kier molecular flexibility index (Phi) is 6.05. The van der Waals surface area contributed by atoms with Gasteiger partial charge in [0.1, 0.15) is 5.25 Å². The number of carbonyl (C=O) groups is 2. The Morgan fingerprint density at radius 3 is 2.54 bits per heavy atom. The second-order valence-electron chi connectivity index (χ2n) is 6.25. The van der Waals surface area contributed by atoms with Crippen LogP contribution in [-0.2, 0) is 9.59 Å². The average molecular weight is 396 g/mol. The van der Waals surface area contributed by atoms with E-state index in [2.05, 4.69) is 20.8 Å². The van der Waals surface area contributed by atoms with Gasteiger partial charge in [0.2, 0.25) is 17.0 Å². The fourth-order valence-electron chi connectivity index (χ4n) is 2.56. The van der Waals surface area contributed by atoms with Crippen molar-refractivity contribution >= 4 is 29.3 Å². The van der Waals surface area contributed by atoms with Crippen LogP contribution in [0.15, 0.2) is 59.8 Å². The molecule has 0 aliphatic heterocycles. The Morgan fingerprint density at radius 2 is 1.86 bits per heavy atom. The lowest BCUT2D eigenvalue weighted by molar-refractivity contribution is -0.128. The number of hydrogen-bond donors (Lipinski definition) is 1. The van der Waals surface area contributed by atoms with Crippen molar-refractivity contribution in [2.24, 2.45) is 0 Å². The van der Waals surface area contributed by atoms with Crippen LogP contribution in [0.5, 0.6) is 0 Å². The topological polar surface area (TPSA) is 93.0 Å². The van der Waals surface area contributed by atoms with Gasteiger partial charge >= 0.3 is 0 Å². The number of tetrazole rings is 1. The first-order chi connectivity index (χ1) is 13.5. The normalized spacial score (nSPS) is 11.7. The van der Waals surface area contributed by atoms with Crippen LogP contribution < -0.4 is 5.32 Å². The summed E-state index contributed by atoms with van der Waals surface area (Å²) in [5, 5.41) is 14.6. The van der Waals surface area contributed by atoms with E-state index in [-0.39, 0.29) is 11.8 Å². The van der Waals surface area contributed by atoms with E-state index >= 15 is 0 Å². The van der Waals surface area contributed by atoms with Crippen LogP contribution in [0, 0.1) is 0 Å². The molecule has 144 valence electrons. The van der Waals surface area contributed by atoms with Crippen molar-refractivity contribution in [1.29, 1.82) is 0 Å². The fraction of sp³-hybridized carbons (Fsp3) is 0.211. The summed E-state index contributed by atoms with van der Waals surface area (Å²) in [4.78, 5) is 25.6. The van der Waals surface area contributed by atoms with Gasteiger partial charge in [-0.15, -0.1) is 5.10 Å². The monoisotopic (exact) mass is 396 g/mol. The molecule has 0 fully saturated rings. The minimum Gasteiger partial charge on any atom is -0.348 e. The molecule has 1 atom stereocenters. The number of anilines is 1. The third kappa shape index (κ3) is 4.55. The summed E-state index contributed by atoms with van der Waals surface area (Å²) in [5.41, 5.74) is 2.19. The lowest BCUT2D eigenvalue weighted by Gasteiger charge is -2.20. The highest BCUT2D eigenvalue weighted by Gasteiger charge is 2.26. The van der Waals surface area contributed by atoms with E-state index in [1.54, 1.807) is 41.9 Å². The number of amides is 2. The van der Waals surface area contributed by atoms with Gasteiger partial charge in [0.15, 0.2) is 0 Å². The van der Waals surface area contributed by atoms with Crippen LogP contribution >= 0.6 is 11.8 Å². The molecular formula is C19H20N6O2S. The van der Waals surface area contributed by atoms with Crippen LogP contribution in [0.2, 0.25) is 0 Å². The van der Waals surface area contributed by atoms with Crippen molar-refractivity contribution in [2.45, 2.75) is 17.3 Å². The average Bonchev–Trinajstić information content (AvgIpc) is 3.14. The number of nitrogens with one attached hydrogen (secondary N) is 1. The zero-order chi connectivity index (χ0) is 20.1. The SMILES string of the molecule is CC(=O)Nc1cccc(-n2nnnc2SC(C(=O)N(C)C)c2ccccc2)c1. The zero-order valence-corrected chi connectivity index (χ0v) is 16.6. The summed E-state index contributed by atoms with van der Waals surface area (Å²) in [6.45, 7) is 1.45. The van der Waals surface area contributed by atoms with E-state index < -0.39 is 5.25 Å². The predicted octanol–water partition coefficient (Wildman–Crippen LogP) is 2.54. The third-order valence-electron chi connectivity index (χ3n) is 3.84. The van der Waals surface area contributed by atoms with Crippen LogP contribution in [-0.4, -0.2) is 51.0 Å². The maximum absolute atomic E-state index is 12.8. The van der Waals surface area contributed by atoms with Crippen LogP contribution in [0.4, 0.5) is 5.69 Å². The van der Waals surface area contributed by atoms with Crippen molar-refractivity contribution in [1.82, 2.24) is 25.1 Å². The molecule has 1 heterocycles. The summed E-state index contributed by atoms with van der Waals surface area (Å²) >= 11 is 1.27. The minimum absolute atomic E-state index is 0.0576. The Bertz CT molecular complexity index is 973. The Labute approximate surface area is 166 Å². The van der Waals surface area contributed by atoms with Gasteiger partial charge in [0, 0.05) is 26.7 Å². The number of thioether (sulfide) groups is 1. The summed E-state index contributed by atoms with van der Waals surface area (Å²) < 4.78 is 1.55. The maximum atomic E-state index is 12.8. The zero-order valence-electron chi connectivity index (χ0n) is 15.7. The molecule has 0 bridgehead atoms. The van der Waals surface area contributed by atoms with Crippen molar-refractivity contribution in [3.8, 4) is 5.69 Å². The first kappa shape index (κ1) is 19.6. The van der Waals surface area contributed by atoms with Crippen molar-refractivity contribution < 1.29 is 9.59 Å². The first-order valence-corrected chi connectivity index (χ1v) is 9.43. The van der Waals surface area contributed by atoms with Gasteiger partial charge in [-0.1, -0.05) is 48.2 Å². The number of rotatable bonds is 6. The molecule has 1 unspecified atom stereocenters. The molecule has 3 aromatic rings. The molecule has 0 aliphatic rings. The highest BCUT2D eigenvalue weighted by atomic mass is 32.2. The number of hydrogen-bond acceptors (Lipinski definition) is 6. The van der Waals surface area contributed by atoms with Crippen LogP contribution in [0.1, 0.15) is 17.7 Å². The lowest BCUT2D eigenvalue weighted by Crippen LogP contribution is -2.27.